The first-order valence-corrected chi connectivity index (χ1v) is 9.89. The number of amides is 1. The van der Waals surface area contributed by atoms with Gasteiger partial charge in [-0.25, -0.2) is 13.1 Å². The third kappa shape index (κ3) is 4.67. The second-order valence-corrected chi connectivity index (χ2v) is 8.08. The molecule has 1 fully saturated rings. The van der Waals surface area contributed by atoms with Crippen LogP contribution < -0.4 is 4.72 Å². The van der Waals surface area contributed by atoms with E-state index in [1.54, 1.807) is 30.3 Å². The lowest BCUT2D eigenvalue weighted by Gasteiger charge is -2.17. The minimum absolute atomic E-state index is 0.0155. The lowest BCUT2D eigenvalue weighted by molar-refractivity contribution is -0.127. The van der Waals surface area contributed by atoms with Gasteiger partial charge >= 0.3 is 0 Å². The fourth-order valence-electron chi connectivity index (χ4n) is 3.03. The molecular weight excluding hydrogens is 336 g/mol. The molecule has 0 bridgehead atoms. The van der Waals surface area contributed by atoms with E-state index >= 15 is 0 Å². The van der Waals surface area contributed by atoms with Crippen LogP contribution in [0.1, 0.15) is 12.0 Å². The standard InChI is InChI=1S/C19H22N2O3S/c22-19-13-17(14-20-25(23,24)18-9-5-2-6-10-18)15-21(19)12-11-16-7-3-1-4-8-16/h1-10,17,20H,11-15H2. The second-order valence-electron chi connectivity index (χ2n) is 6.31. The van der Waals surface area contributed by atoms with Crippen LogP contribution in [0, 0.1) is 5.92 Å². The average molecular weight is 358 g/mol. The first kappa shape index (κ1) is 17.6. The number of hydrogen-bond donors (Lipinski definition) is 1. The van der Waals surface area contributed by atoms with Gasteiger partial charge in [-0.05, 0) is 30.0 Å². The van der Waals surface area contributed by atoms with Crippen molar-refractivity contribution in [3.05, 3.63) is 66.2 Å². The van der Waals surface area contributed by atoms with Crippen LogP contribution in [0.25, 0.3) is 0 Å². The van der Waals surface area contributed by atoms with E-state index in [-0.39, 0.29) is 23.3 Å². The van der Waals surface area contributed by atoms with Crippen LogP contribution in [0.3, 0.4) is 0 Å². The predicted molar refractivity (Wildman–Crippen MR) is 96.5 cm³/mol. The molecule has 1 aliphatic heterocycles. The highest BCUT2D eigenvalue weighted by Gasteiger charge is 2.30. The van der Waals surface area contributed by atoms with Gasteiger partial charge in [0.2, 0.25) is 15.9 Å². The minimum atomic E-state index is -3.52. The number of sulfonamides is 1. The molecule has 1 heterocycles. The average Bonchev–Trinajstić information content (AvgIpc) is 3.00. The smallest absolute Gasteiger partial charge is 0.240 e. The third-order valence-corrected chi connectivity index (χ3v) is 5.86. The van der Waals surface area contributed by atoms with Crippen molar-refractivity contribution >= 4 is 15.9 Å². The summed E-state index contributed by atoms with van der Waals surface area (Å²) in [5.41, 5.74) is 1.20. The zero-order valence-corrected chi connectivity index (χ0v) is 14.8. The zero-order chi connectivity index (χ0) is 17.7. The Morgan fingerprint density at radius 2 is 1.64 bits per heavy atom. The molecule has 0 saturated carbocycles. The Balaban J connectivity index is 1.51. The highest BCUT2D eigenvalue weighted by Crippen LogP contribution is 2.18. The molecule has 0 aliphatic carbocycles. The van der Waals surface area contributed by atoms with Gasteiger partial charge in [-0.2, -0.15) is 0 Å². The lowest BCUT2D eigenvalue weighted by Crippen LogP contribution is -2.32. The number of hydrogen-bond acceptors (Lipinski definition) is 3. The molecule has 1 aliphatic rings. The van der Waals surface area contributed by atoms with Crippen molar-refractivity contribution in [2.24, 2.45) is 5.92 Å². The maximum Gasteiger partial charge on any atom is 0.240 e. The molecule has 2 aromatic carbocycles. The molecule has 0 spiro atoms. The van der Waals surface area contributed by atoms with E-state index in [1.807, 2.05) is 35.2 Å². The Bertz CT molecular complexity index is 807. The van der Waals surface area contributed by atoms with Gasteiger partial charge in [-0.3, -0.25) is 4.79 Å². The number of carbonyl (C=O) groups is 1. The van der Waals surface area contributed by atoms with Gasteiger partial charge in [-0.15, -0.1) is 0 Å². The fourth-order valence-corrected chi connectivity index (χ4v) is 4.16. The van der Waals surface area contributed by atoms with Gasteiger partial charge in [0.25, 0.3) is 0 Å². The van der Waals surface area contributed by atoms with Gasteiger partial charge in [0.15, 0.2) is 0 Å². The Labute approximate surface area is 148 Å². The molecule has 0 radical (unpaired) electrons. The molecule has 2 aromatic rings. The van der Waals surface area contributed by atoms with Gasteiger partial charge in [0, 0.05) is 26.1 Å². The maximum absolute atomic E-state index is 12.3. The summed E-state index contributed by atoms with van der Waals surface area (Å²) in [5.74, 6) is 0.113. The first-order chi connectivity index (χ1) is 12.0. The molecule has 3 rings (SSSR count). The van der Waals surface area contributed by atoms with Crippen LogP contribution in [0.2, 0.25) is 0 Å². The minimum Gasteiger partial charge on any atom is -0.342 e. The van der Waals surface area contributed by atoms with Crippen LogP contribution in [0.4, 0.5) is 0 Å². The molecule has 1 saturated heterocycles. The molecule has 1 unspecified atom stereocenters. The Morgan fingerprint density at radius 1 is 1.00 bits per heavy atom. The number of nitrogens with one attached hydrogen (secondary N) is 1. The number of carbonyl (C=O) groups excluding carboxylic acids is 1. The number of benzene rings is 2. The molecule has 0 aromatic heterocycles. The summed E-state index contributed by atoms with van der Waals surface area (Å²) in [6, 6.07) is 18.3. The summed E-state index contributed by atoms with van der Waals surface area (Å²) in [6.45, 7) is 1.55. The highest BCUT2D eigenvalue weighted by atomic mass is 32.2. The van der Waals surface area contributed by atoms with Crippen LogP contribution in [-0.4, -0.2) is 38.9 Å². The highest BCUT2D eigenvalue weighted by molar-refractivity contribution is 7.89. The van der Waals surface area contributed by atoms with E-state index in [4.69, 9.17) is 0 Å². The molecule has 6 heteroatoms. The molecule has 25 heavy (non-hydrogen) atoms. The van der Waals surface area contributed by atoms with Crippen molar-refractivity contribution < 1.29 is 13.2 Å². The van der Waals surface area contributed by atoms with Crippen LogP contribution in [0.5, 0.6) is 0 Å². The number of rotatable bonds is 7. The van der Waals surface area contributed by atoms with Crippen LogP contribution >= 0.6 is 0 Å². The topological polar surface area (TPSA) is 66.5 Å². The zero-order valence-electron chi connectivity index (χ0n) is 14.0. The Hall–Kier alpha value is -2.18. The fraction of sp³-hybridized carbons (Fsp3) is 0.316. The van der Waals surface area contributed by atoms with E-state index < -0.39 is 10.0 Å². The molecule has 132 valence electrons. The summed E-state index contributed by atoms with van der Waals surface area (Å²) in [5, 5.41) is 0. The van der Waals surface area contributed by atoms with Gasteiger partial charge in [0.05, 0.1) is 4.90 Å². The van der Waals surface area contributed by atoms with E-state index in [0.29, 0.717) is 19.5 Å². The molecule has 1 atom stereocenters. The molecular formula is C19H22N2O3S. The van der Waals surface area contributed by atoms with Crippen LogP contribution in [0.15, 0.2) is 65.6 Å². The summed E-state index contributed by atoms with van der Waals surface area (Å²) in [4.78, 5) is 14.2. The van der Waals surface area contributed by atoms with E-state index in [2.05, 4.69) is 4.72 Å². The monoisotopic (exact) mass is 358 g/mol. The Kier molecular flexibility index (Phi) is 5.50. The maximum atomic E-state index is 12.3. The van der Waals surface area contributed by atoms with Gasteiger partial charge in [0.1, 0.15) is 0 Å². The number of nitrogens with zero attached hydrogens (tertiary/aromatic N) is 1. The third-order valence-electron chi connectivity index (χ3n) is 4.42. The van der Waals surface area contributed by atoms with Crippen molar-refractivity contribution in [1.29, 1.82) is 0 Å². The van der Waals surface area contributed by atoms with Crippen molar-refractivity contribution in [1.82, 2.24) is 9.62 Å². The summed E-state index contributed by atoms with van der Waals surface area (Å²) >= 11 is 0. The van der Waals surface area contributed by atoms with E-state index in [1.165, 1.54) is 5.56 Å². The van der Waals surface area contributed by atoms with Crippen molar-refractivity contribution in [2.75, 3.05) is 19.6 Å². The summed E-state index contributed by atoms with van der Waals surface area (Å²) in [6.07, 6.45) is 1.21. The lowest BCUT2D eigenvalue weighted by atomic mass is 10.1. The molecule has 1 amide bonds. The second kappa shape index (κ2) is 7.80. The summed E-state index contributed by atoms with van der Waals surface area (Å²) in [7, 11) is -3.52. The van der Waals surface area contributed by atoms with Gasteiger partial charge in [-0.1, -0.05) is 48.5 Å². The molecule has 5 nitrogen and oxygen atoms in total. The van der Waals surface area contributed by atoms with Gasteiger partial charge < -0.3 is 4.90 Å². The quantitative estimate of drug-likeness (QED) is 0.824. The normalized spacial score (nSPS) is 17.8. The van der Waals surface area contributed by atoms with E-state index in [9.17, 15) is 13.2 Å². The predicted octanol–water partition coefficient (Wildman–Crippen LogP) is 2.06. The van der Waals surface area contributed by atoms with Crippen LogP contribution in [-0.2, 0) is 21.2 Å². The van der Waals surface area contributed by atoms with E-state index in [0.717, 1.165) is 6.42 Å². The SMILES string of the molecule is O=C1CC(CNS(=O)(=O)c2ccccc2)CN1CCc1ccccc1. The Morgan fingerprint density at radius 3 is 2.32 bits per heavy atom. The largest absolute Gasteiger partial charge is 0.342 e. The van der Waals surface area contributed by atoms with Crippen molar-refractivity contribution in [3.8, 4) is 0 Å². The van der Waals surface area contributed by atoms with Crippen molar-refractivity contribution in [2.45, 2.75) is 17.7 Å². The molecule has 1 N–H and O–H groups in total. The van der Waals surface area contributed by atoms with Crippen molar-refractivity contribution in [3.63, 3.8) is 0 Å². The number of likely N-dealkylation sites (tertiary alicyclic amines) is 1. The first-order valence-electron chi connectivity index (χ1n) is 8.41. The summed E-state index contributed by atoms with van der Waals surface area (Å²) < 4.78 is 27.1.